The van der Waals surface area contributed by atoms with Gasteiger partial charge in [-0.25, -0.2) is 4.39 Å². The molecule has 0 spiro atoms. The predicted molar refractivity (Wildman–Crippen MR) is 92.5 cm³/mol. The minimum Gasteiger partial charge on any atom is -0.489 e. The molecule has 25 heavy (non-hydrogen) atoms. The van der Waals surface area contributed by atoms with Crippen LogP contribution in [-0.4, -0.2) is 25.0 Å². The van der Waals surface area contributed by atoms with Crippen molar-refractivity contribution in [2.75, 3.05) is 13.2 Å². The van der Waals surface area contributed by atoms with Crippen molar-refractivity contribution in [3.63, 3.8) is 0 Å². The van der Waals surface area contributed by atoms with Crippen molar-refractivity contribution in [3.05, 3.63) is 66.0 Å². The molecule has 0 aliphatic carbocycles. The Hall–Kier alpha value is -2.89. The Morgan fingerprint density at radius 3 is 2.44 bits per heavy atom. The molecule has 2 aromatic carbocycles. The van der Waals surface area contributed by atoms with Gasteiger partial charge in [-0.1, -0.05) is 42.5 Å². The van der Waals surface area contributed by atoms with Crippen LogP contribution in [0, 0.1) is 5.82 Å². The number of carbonyl (C=O) groups is 2. The number of hydrogen-bond donors (Lipinski definition) is 2. The van der Waals surface area contributed by atoms with E-state index in [1.54, 1.807) is 12.1 Å². The molecule has 2 N–H and O–H groups in total. The monoisotopic (exact) mass is 344 g/mol. The Bertz CT molecular complexity index is 707. The fourth-order valence-corrected chi connectivity index (χ4v) is 2.35. The van der Waals surface area contributed by atoms with E-state index in [-0.39, 0.29) is 37.1 Å². The first-order valence-corrected chi connectivity index (χ1v) is 8.02. The van der Waals surface area contributed by atoms with Gasteiger partial charge in [-0.05, 0) is 17.7 Å². The van der Waals surface area contributed by atoms with Crippen molar-refractivity contribution in [1.29, 1.82) is 0 Å². The Balaban J connectivity index is 1.81. The maximum atomic E-state index is 13.4. The standard InChI is InChI=1S/C19H21FN2O3/c1-14(23)22-17(15-7-3-2-4-8-15)13-19(24)21-11-12-25-18-10-6-5-9-16(18)20/h2-10,17H,11-13H2,1H3,(H,21,24)(H,22,23)/t17-/m0/s1. The number of para-hydroxylation sites is 1. The van der Waals surface area contributed by atoms with E-state index in [2.05, 4.69) is 10.6 Å². The number of benzene rings is 2. The minimum atomic E-state index is -0.441. The van der Waals surface area contributed by atoms with Gasteiger partial charge in [-0.3, -0.25) is 9.59 Å². The zero-order valence-corrected chi connectivity index (χ0v) is 14.0. The molecule has 5 nitrogen and oxygen atoms in total. The van der Waals surface area contributed by atoms with Crippen molar-refractivity contribution in [3.8, 4) is 5.75 Å². The van der Waals surface area contributed by atoms with Gasteiger partial charge in [0.25, 0.3) is 0 Å². The fraction of sp³-hybridized carbons (Fsp3) is 0.263. The molecule has 2 amide bonds. The third-order valence-electron chi connectivity index (χ3n) is 3.49. The molecule has 0 saturated heterocycles. The summed E-state index contributed by atoms with van der Waals surface area (Å²) in [7, 11) is 0. The molecule has 0 heterocycles. The van der Waals surface area contributed by atoms with Gasteiger partial charge in [0.1, 0.15) is 6.61 Å². The zero-order valence-electron chi connectivity index (χ0n) is 14.0. The SMILES string of the molecule is CC(=O)N[C@@H](CC(=O)NCCOc1ccccc1F)c1ccccc1. The Kier molecular flexibility index (Phi) is 6.95. The molecule has 0 aromatic heterocycles. The fourth-order valence-electron chi connectivity index (χ4n) is 2.35. The number of hydrogen-bond acceptors (Lipinski definition) is 3. The van der Waals surface area contributed by atoms with E-state index in [1.165, 1.54) is 19.1 Å². The Morgan fingerprint density at radius 1 is 1.08 bits per heavy atom. The lowest BCUT2D eigenvalue weighted by Gasteiger charge is -2.18. The first-order chi connectivity index (χ1) is 12.1. The van der Waals surface area contributed by atoms with Crippen LogP contribution in [0.1, 0.15) is 24.9 Å². The molecule has 2 aromatic rings. The molecule has 0 fully saturated rings. The van der Waals surface area contributed by atoms with E-state index in [1.807, 2.05) is 30.3 Å². The molecule has 1 atom stereocenters. The normalized spacial score (nSPS) is 11.4. The van der Waals surface area contributed by atoms with E-state index in [9.17, 15) is 14.0 Å². The molecule has 0 unspecified atom stereocenters. The summed E-state index contributed by atoms with van der Waals surface area (Å²) in [5.41, 5.74) is 0.857. The largest absolute Gasteiger partial charge is 0.489 e. The van der Waals surface area contributed by atoms with E-state index in [0.717, 1.165) is 5.56 Å². The molecule has 0 bridgehead atoms. The highest BCUT2D eigenvalue weighted by Gasteiger charge is 2.16. The van der Waals surface area contributed by atoms with Gasteiger partial charge in [-0.2, -0.15) is 0 Å². The van der Waals surface area contributed by atoms with Crippen molar-refractivity contribution in [2.45, 2.75) is 19.4 Å². The summed E-state index contributed by atoms with van der Waals surface area (Å²) < 4.78 is 18.7. The summed E-state index contributed by atoms with van der Waals surface area (Å²) in [6.07, 6.45) is 0.114. The van der Waals surface area contributed by atoms with Crippen LogP contribution in [0.25, 0.3) is 0 Å². The minimum absolute atomic E-state index is 0.114. The van der Waals surface area contributed by atoms with Crippen molar-refractivity contribution in [1.82, 2.24) is 10.6 Å². The number of amides is 2. The molecule has 0 aliphatic rings. The van der Waals surface area contributed by atoms with Crippen LogP contribution in [0.3, 0.4) is 0 Å². The maximum absolute atomic E-state index is 13.4. The van der Waals surface area contributed by atoms with Gasteiger partial charge in [-0.15, -0.1) is 0 Å². The van der Waals surface area contributed by atoms with Gasteiger partial charge in [0.05, 0.1) is 19.0 Å². The molecule has 2 rings (SSSR count). The number of ether oxygens (including phenoxy) is 1. The number of rotatable bonds is 8. The van der Waals surface area contributed by atoms with Gasteiger partial charge < -0.3 is 15.4 Å². The lowest BCUT2D eigenvalue weighted by atomic mass is 10.0. The molecular formula is C19H21FN2O3. The summed E-state index contributed by atoms with van der Waals surface area (Å²) in [5.74, 6) is -0.718. The van der Waals surface area contributed by atoms with Gasteiger partial charge in [0, 0.05) is 6.92 Å². The second-order valence-electron chi connectivity index (χ2n) is 5.50. The third-order valence-corrected chi connectivity index (χ3v) is 3.49. The maximum Gasteiger partial charge on any atom is 0.222 e. The summed E-state index contributed by atoms with van der Waals surface area (Å²) in [5, 5.41) is 5.48. The second kappa shape index (κ2) is 9.42. The number of carbonyl (C=O) groups excluding carboxylic acids is 2. The Morgan fingerprint density at radius 2 is 1.76 bits per heavy atom. The van der Waals surface area contributed by atoms with Crippen molar-refractivity contribution in [2.24, 2.45) is 0 Å². The van der Waals surface area contributed by atoms with Crippen LogP contribution in [-0.2, 0) is 9.59 Å². The average Bonchev–Trinajstić information content (AvgIpc) is 2.60. The summed E-state index contributed by atoms with van der Waals surface area (Å²) in [4.78, 5) is 23.5. The number of nitrogens with one attached hydrogen (secondary N) is 2. The summed E-state index contributed by atoms with van der Waals surface area (Å²) in [6, 6.07) is 15.0. The predicted octanol–water partition coefficient (Wildman–Crippen LogP) is 2.59. The third kappa shape index (κ3) is 6.25. The summed E-state index contributed by atoms with van der Waals surface area (Å²) >= 11 is 0. The molecule has 6 heteroatoms. The second-order valence-corrected chi connectivity index (χ2v) is 5.50. The lowest BCUT2D eigenvalue weighted by molar-refractivity contribution is -0.122. The lowest BCUT2D eigenvalue weighted by Crippen LogP contribution is -2.34. The van der Waals surface area contributed by atoms with Crippen LogP contribution < -0.4 is 15.4 Å². The zero-order chi connectivity index (χ0) is 18.1. The molecule has 0 aliphatic heterocycles. The molecule has 132 valence electrons. The van der Waals surface area contributed by atoms with E-state index >= 15 is 0 Å². The highest BCUT2D eigenvalue weighted by molar-refractivity contribution is 5.79. The Labute approximate surface area is 146 Å². The molecular weight excluding hydrogens is 323 g/mol. The van der Waals surface area contributed by atoms with Crippen LogP contribution in [0.4, 0.5) is 4.39 Å². The highest BCUT2D eigenvalue weighted by Crippen LogP contribution is 2.17. The van der Waals surface area contributed by atoms with Crippen LogP contribution >= 0.6 is 0 Å². The first-order valence-electron chi connectivity index (χ1n) is 8.02. The number of halogens is 1. The van der Waals surface area contributed by atoms with E-state index < -0.39 is 11.9 Å². The quantitative estimate of drug-likeness (QED) is 0.724. The smallest absolute Gasteiger partial charge is 0.222 e. The van der Waals surface area contributed by atoms with Crippen LogP contribution in [0.2, 0.25) is 0 Å². The van der Waals surface area contributed by atoms with Gasteiger partial charge in [0.15, 0.2) is 11.6 Å². The average molecular weight is 344 g/mol. The van der Waals surface area contributed by atoms with E-state index in [4.69, 9.17) is 4.74 Å². The highest BCUT2D eigenvalue weighted by atomic mass is 19.1. The van der Waals surface area contributed by atoms with Crippen LogP contribution in [0.15, 0.2) is 54.6 Å². The van der Waals surface area contributed by atoms with Crippen molar-refractivity contribution < 1.29 is 18.7 Å². The van der Waals surface area contributed by atoms with Crippen LogP contribution in [0.5, 0.6) is 5.75 Å². The van der Waals surface area contributed by atoms with E-state index in [0.29, 0.717) is 0 Å². The van der Waals surface area contributed by atoms with Gasteiger partial charge >= 0.3 is 0 Å². The molecule has 0 radical (unpaired) electrons. The van der Waals surface area contributed by atoms with Gasteiger partial charge in [0.2, 0.25) is 11.8 Å². The summed E-state index contributed by atoms with van der Waals surface area (Å²) in [6.45, 7) is 1.81. The van der Waals surface area contributed by atoms with Crippen molar-refractivity contribution >= 4 is 11.8 Å². The first kappa shape index (κ1) is 18.4. The molecule has 0 saturated carbocycles. The topological polar surface area (TPSA) is 67.4 Å².